The highest BCUT2D eigenvalue weighted by atomic mass is 32.1. The van der Waals surface area contributed by atoms with Crippen molar-refractivity contribution in [3.05, 3.63) is 40.7 Å². The molecule has 9 heteroatoms. The molecule has 25 heavy (non-hydrogen) atoms. The first-order chi connectivity index (χ1) is 12.0. The first kappa shape index (κ1) is 18.8. The lowest BCUT2D eigenvalue weighted by Crippen LogP contribution is -2.25. The zero-order valence-electron chi connectivity index (χ0n) is 13.9. The summed E-state index contributed by atoms with van der Waals surface area (Å²) < 4.78 is 17.8. The predicted molar refractivity (Wildman–Crippen MR) is 94.7 cm³/mol. The Hall–Kier alpha value is -2.52. The molecule has 0 atom stereocenters. The summed E-state index contributed by atoms with van der Waals surface area (Å²) >= 11 is 1.09. The van der Waals surface area contributed by atoms with Crippen LogP contribution in [0.25, 0.3) is 0 Å². The van der Waals surface area contributed by atoms with Gasteiger partial charge in [-0.15, -0.1) is 0 Å². The highest BCUT2D eigenvalue weighted by Gasteiger charge is 2.16. The maximum atomic E-state index is 12.8. The minimum atomic E-state index is -0.521. The highest BCUT2D eigenvalue weighted by molar-refractivity contribution is 7.17. The van der Waals surface area contributed by atoms with E-state index in [4.69, 9.17) is 4.74 Å². The molecule has 7 nitrogen and oxygen atoms in total. The molecule has 1 heterocycles. The number of aromatic nitrogens is 1. The van der Waals surface area contributed by atoms with Crippen molar-refractivity contribution >= 4 is 34.1 Å². The summed E-state index contributed by atoms with van der Waals surface area (Å²) in [5.41, 5.74) is 0.981. The molecule has 1 aromatic heterocycles. The van der Waals surface area contributed by atoms with Gasteiger partial charge in [0.25, 0.3) is 5.91 Å². The van der Waals surface area contributed by atoms with Gasteiger partial charge in [-0.3, -0.25) is 10.1 Å². The fourth-order valence-electron chi connectivity index (χ4n) is 1.95. The standard InChI is InChI=1S/C16H19FN4O3S/c1-10-13(14(22)18-8-3-9-24-2)25-16(19-10)21-15(23)20-12-6-4-11(17)5-7-12/h4-7H,3,8-9H2,1-2H3,(H,18,22)(H2,19,20,21,23). The molecule has 0 radical (unpaired) electrons. The molecule has 0 aliphatic rings. The van der Waals surface area contributed by atoms with Crippen molar-refractivity contribution in [3.8, 4) is 0 Å². The summed E-state index contributed by atoms with van der Waals surface area (Å²) in [6.45, 7) is 2.76. The Bertz CT molecular complexity index is 733. The molecule has 0 unspecified atom stereocenters. The number of methoxy groups -OCH3 is 1. The first-order valence-electron chi connectivity index (χ1n) is 7.57. The summed E-state index contributed by atoms with van der Waals surface area (Å²) in [5.74, 6) is -0.624. The monoisotopic (exact) mass is 366 g/mol. The van der Waals surface area contributed by atoms with E-state index in [-0.39, 0.29) is 11.7 Å². The van der Waals surface area contributed by atoms with E-state index < -0.39 is 6.03 Å². The number of carbonyl (C=O) groups is 2. The third-order valence-corrected chi connectivity index (χ3v) is 4.21. The average Bonchev–Trinajstić information content (AvgIpc) is 2.94. The van der Waals surface area contributed by atoms with E-state index in [0.29, 0.717) is 41.0 Å². The van der Waals surface area contributed by atoms with Crippen molar-refractivity contribution in [2.45, 2.75) is 13.3 Å². The molecule has 0 fully saturated rings. The van der Waals surface area contributed by atoms with Gasteiger partial charge in [0.05, 0.1) is 5.69 Å². The van der Waals surface area contributed by atoms with Gasteiger partial charge in [0.2, 0.25) is 0 Å². The molecule has 0 saturated carbocycles. The van der Waals surface area contributed by atoms with Crippen LogP contribution in [0.5, 0.6) is 0 Å². The number of hydrogen-bond acceptors (Lipinski definition) is 5. The van der Waals surface area contributed by atoms with Crippen LogP contribution in [0.2, 0.25) is 0 Å². The minimum Gasteiger partial charge on any atom is -0.385 e. The molecule has 3 N–H and O–H groups in total. The Morgan fingerprint density at radius 1 is 1.24 bits per heavy atom. The molecule has 0 spiro atoms. The molecule has 0 bridgehead atoms. The number of hydrogen-bond donors (Lipinski definition) is 3. The molecule has 134 valence electrons. The fourth-order valence-corrected chi connectivity index (χ4v) is 2.83. The van der Waals surface area contributed by atoms with E-state index in [2.05, 4.69) is 20.9 Å². The van der Waals surface area contributed by atoms with Crippen LogP contribution in [-0.4, -0.2) is 37.2 Å². The quantitative estimate of drug-likeness (QED) is 0.657. The summed E-state index contributed by atoms with van der Waals surface area (Å²) in [6, 6.07) is 4.86. The van der Waals surface area contributed by atoms with Gasteiger partial charge >= 0.3 is 6.03 Å². The van der Waals surface area contributed by atoms with E-state index in [1.807, 2.05) is 0 Å². The van der Waals surface area contributed by atoms with E-state index >= 15 is 0 Å². The number of ether oxygens (including phenoxy) is 1. The van der Waals surface area contributed by atoms with E-state index in [0.717, 1.165) is 11.3 Å². The van der Waals surface area contributed by atoms with Crippen molar-refractivity contribution in [2.24, 2.45) is 0 Å². The minimum absolute atomic E-state index is 0.238. The lowest BCUT2D eigenvalue weighted by atomic mass is 10.3. The molecule has 0 aliphatic heterocycles. The summed E-state index contributed by atoms with van der Waals surface area (Å²) in [6.07, 6.45) is 0.714. The van der Waals surface area contributed by atoms with Gasteiger partial charge in [-0.25, -0.2) is 14.2 Å². The van der Waals surface area contributed by atoms with E-state index in [1.54, 1.807) is 14.0 Å². The van der Waals surface area contributed by atoms with Crippen LogP contribution in [0.4, 0.5) is 20.0 Å². The number of halogens is 1. The molecular weight excluding hydrogens is 347 g/mol. The molecule has 0 saturated heterocycles. The predicted octanol–water partition coefficient (Wildman–Crippen LogP) is 3.00. The number of thiazole rings is 1. The molecule has 0 aliphatic carbocycles. The summed E-state index contributed by atoms with van der Waals surface area (Å²) in [4.78, 5) is 28.7. The average molecular weight is 366 g/mol. The number of benzene rings is 1. The number of aryl methyl sites for hydroxylation is 1. The molecule has 1 aromatic carbocycles. The van der Waals surface area contributed by atoms with Gasteiger partial charge in [0.1, 0.15) is 10.7 Å². The number of nitrogens with one attached hydrogen (secondary N) is 3. The SMILES string of the molecule is COCCCNC(=O)c1sc(NC(=O)Nc2ccc(F)cc2)nc1C. The number of nitrogens with zero attached hydrogens (tertiary/aromatic N) is 1. The lowest BCUT2D eigenvalue weighted by Gasteiger charge is -2.05. The van der Waals surface area contributed by atoms with Crippen molar-refractivity contribution in [2.75, 3.05) is 30.9 Å². The Labute approximate surface area is 148 Å². The third kappa shape index (κ3) is 5.80. The van der Waals surface area contributed by atoms with Gasteiger partial charge < -0.3 is 15.4 Å². The Morgan fingerprint density at radius 3 is 2.64 bits per heavy atom. The van der Waals surface area contributed by atoms with E-state index in [9.17, 15) is 14.0 Å². The van der Waals surface area contributed by atoms with Gasteiger partial charge in [-0.2, -0.15) is 0 Å². The number of rotatable bonds is 7. The van der Waals surface area contributed by atoms with Gasteiger partial charge in [-0.05, 0) is 37.6 Å². The second kappa shape index (κ2) is 9.09. The third-order valence-electron chi connectivity index (χ3n) is 3.14. The van der Waals surface area contributed by atoms with Crippen molar-refractivity contribution < 1.29 is 18.7 Å². The largest absolute Gasteiger partial charge is 0.385 e. The number of carbonyl (C=O) groups excluding carboxylic acids is 2. The van der Waals surface area contributed by atoms with Crippen molar-refractivity contribution in [1.29, 1.82) is 0 Å². The zero-order chi connectivity index (χ0) is 18.2. The van der Waals surface area contributed by atoms with Crippen LogP contribution >= 0.6 is 11.3 Å². The molecule has 2 aromatic rings. The zero-order valence-corrected chi connectivity index (χ0v) is 14.7. The molecule has 3 amide bonds. The number of urea groups is 1. The maximum Gasteiger partial charge on any atom is 0.325 e. The van der Waals surface area contributed by atoms with Crippen molar-refractivity contribution in [3.63, 3.8) is 0 Å². The Morgan fingerprint density at radius 2 is 1.96 bits per heavy atom. The van der Waals surface area contributed by atoms with E-state index in [1.165, 1.54) is 24.3 Å². The smallest absolute Gasteiger partial charge is 0.325 e. The van der Waals surface area contributed by atoms with Crippen LogP contribution in [0, 0.1) is 12.7 Å². The Kier molecular flexibility index (Phi) is 6.84. The second-order valence-corrected chi connectivity index (χ2v) is 6.12. The molecule has 2 rings (SSSR count). The maximum absolute atomic E-state index is 12.8. The van der Waals surface area contributed by atoms with Crippen LogP contribution in [0.15, 0.2) is 24.3 Å². The fraction of sp³-hybridized carbons (Fsp3) is 0.312. The molecular formula is C16H19FN4O3S. The number of amides is 3. The van der Waals surface area contributed by atoms with Gasteiger partial charge in [-0.1, -0.05) is 11.3 Å². The second-order valence-electron chi connectivity index (χ2n) is 5.12. The Balaban J connectivity index is 1.91. The van der Waals surface area contributed by atoms with Crippen LogP contribution in [0.3, 0.4) is 0 Å². The van der Waals surface area contributed by atoms with Crippen LogP contribution in [0.1, 0.15) is 21.8 Å². The van der Waals surface area contributed by atoms with Crippen LogP contribution in [-0.2, 0) is 4.74 Å². The van der Waals surface area contributed by atoms with Crippen molar-refractivity contribution in [1.82, 2.24) is 10.3 Å². The topological polar surface area (TPSA) is 92.4 Å². The van der Waals surface area contributed by atoms with Crippen LogP contribution < -0.4 is 16.0 Å². The normalized spacial score (nSPS) is 10.4. The van der Waals surface area contributed by atoms with Gasteiger partial charge in [0, 0.05) is 25.9 Å². The summed E-state index contributed by atoms with van der Waals surface area (Å²) in [5, 5.41) is 8.20. The summed E-state index contributed by atoms with van der Waals surface area (Å²) in [7, 11) is 1.60. The number of anilines is 2. The highest BCUT2D eigenvalue weighted by Crippen LogP contribution is 2.22. The first-order valence-corrected chi connectivity index (χ1v) is 8.39. The van der Waals surface area contributed by atoms with Gasteiger partial charge in [0.15, 0.2) is 5.13 Å². The lowest BCUT2D eigenvalue weighted by molar-refractivity contribution is 0.0952.